The summed E-state index contributed by atoms with van der Waals surface area (Å²) in [6.45, 7) is 1.97. The maximum atomic E-state index is 6.03. The summed E-state index contributed by atoms with van der Waals surface area (Å²) in [5.41, 5.74) is 9.00. The van der Waals surface area contributed by atoms with Gasteiger partial charge in [0, 0.05) is 16.6 Å². The molecule has 2 nitrogen and oxygen atoms in total. The average molecular weight is 262 g/mol. The van der Waals surface area contributed by atoms with E-state index in [0.717, 1.165) is 22.4 Å². The van der Waals surface area contributed by atoms with Gasteiger partial charge in [-0.2, -0.15) is 0 Å². The first kappa shape index (κ1) is 12.9. The minimum atomic E-state index is 0.0420. The van der Waals surface area contributed by atoms with Gasteiger partial charge in [0.15, 0.2) is 0 Å². The smallest absolute Gasteiger partial charge is 0.126 e. The van der Waals surface area contributed by atoms with E-state index in [4.69, 9.17) is 22.1 Å². The second-order valence-corrected chi connectivity index (χ2v) is 4.69. The highest BCUT2D eigenvalue weighted by atomic mass is 35.5. The minimum Gasteiger partial charge on any atom is -0.496 e. The van der Waals surface area contributed by atoms with Gasteiger partial charge in [-0.15, -0.1) is 0 Å². The van der Waals surface area contributed by atoms with Gasteiger partial charge in [-0.3, -0.25) is 0 Å². The second-order valence-electron chi connectivity index (χ2n) is 4.26. The van der Waals surface area contributed by atoms with Crippen molar-refractivity contribution in [3.63, 3.8) is 0 Å². The standard InChI is InChI=1S/C15H16ClNO/c1-10(17)11-3-5-12(6-4-11)14-9-13(16)7-8-15(14)18-2/h3-10H,17H2,1-2H3/t10-/m1/s1. The Morgan fingerprint density at radius 2 is 1.78 bits per heavy atom. The van der Waals surface area contributed by atoms with Crippen LogP contribution in [0.15, 0.2) is 42.5 Å². The number of nitrogens with two attached hydrogens (primary N) is 1. The molecule has 0 aliphatic carbocycles. The fourth-order valence-corrected chi connectivity index (χ4v) is 2.04. The van der Waals surface area contributed by atoms with Crippen molar-refractivity contribution in [3.8, 4) is 16.9 Å². The highest BCUT2D eigenvalue weighted by Gasteiger charge is 2.07. The monoisotopic (exact) mass is 261 g/mol. The quantitative estimate of drug-likeness (QED) is 0.905. The van der Waals surface area contributed by atoms with Crippen LogP contribution < -0.4 is 10.5 Å². The fraction of sp³-hybridized carbons (Fsp3) is 0.200. The minimum absolute atomic E-state index is 0.0420. The van der Waals surface area contributed by atoms with Gasteiger partial charge in [0.25, 0.3) is 0 Å². The topological polar surface area (TPSA) is 35.2 Å². The van der Waals surface area contributed by atoms with E-state index in [9.17, 15) is 0 Å². The average Bonchev–Trinajstić information content (AvgIpc) is 2.39. The lowest BCUT2D eigenvalue weighted by atomic mass is 10.0. The number of halogens is 1. The Morgan fingerprint density at radius 1 is 1.11 bits per heavy atom. The molecule has 18 heavy (non-hydrogen) atoms. The molecule has 1 atom stereocenters. The van der Waals surface area contributed by atoms with Crippen molar-refractivity contribution in [2.45, 2.75) is 13.0 Å². The van der Waals surface area contributed by atoms with Gasteiger partial charge >= 0.3 is 0 Å². The molecule has 3 heteroatoms. The Kier molecular flexibility index (Phi) is 3.90. The van der Waals surface area contributed by atoms with E-state index in [1.807, 2.05) is 49.4 Å². The molecular formula is C15H16ClNO. The largest absolute Gasteiger partial charge is 0.496 e. The first-order valence-corrected chi connectivity index (χ1v) is 6.19. The van der Waals surface area contributed by atoms with E-state index < -0.39 is 0 Å². The van der Waals surface area contributed by atoms with Crippen molar-refractivity contribution >= 4 is 11.6 Å². The molecule has 94 valence electrons. The fourth-order valence-electron chi connectivity index (χ4n) is 1.87. The predicted molar refractivity (Wildman–Crippen MR) is 76.0 cm³/mol. The van der Waals surface area contributed by atoms with E-state index >= 15 is 0 Å². The van der Waals surface area contributed by atoms with Crippen LogP contribution in [0.25, 0.3) is 11.1 Å². The van der Waals surface area contributed by atoms with Gasteiger partial charge in [-0.05, 0) is 36.2 Å². The van der Waals surface area contributed by atoms with Crippen LogP contribution in [0.4, 0.5) is 0 Å². The first-order chi connectivity index (χ1) is 8.61. The maximum absolute atomic E-state index is 6.03. The van der Waals surface area contributed by atoms with Crippen LogP contribution in [-0.2, 0) is 0 Å². The molecule has 0 radical (unpaired) electrons. The highest BCUT2D eigenvalue weighted by molar-refractivity contribution is 6.31. The van der Waals surface area contributed by atoms with E-state index in [0.29, 0.717) is 5.02 Å². The second kappa shape index (κ2) is 5.42. The summed E-state index contributed by atoms with van der Waals surface area (Å²) < 4.78 is 5.35. The number of hydrogen-bond acceptors (Lipinski definition) is 2. The summed E-state index contributed by atoms with van der Waals surface area (Å²) in [6, 6.07) is 13.8. The number of methoxy groups -OCH3 is 1. The SMILES string of the molecule is COc1ccc(Cl)cc1-c1ccc([C@@H](C)N)cc1. The Labute approximate surface area is 112 Å². The lowest BCUT2D eigenvalue weighted by Gasteiger charge is -2.11. The maximum Gasteiger partial charge on any atom is 0.126 e. The summed E-state index contributed by atoms with van der Waals surface area (Å²) in [5.74, 6) is 0.813. The van der Waals surface area contributed by atoms with Crippen molar-refractivity contribution < 1.29 is 4.74 Å². The lowest BCUT2D eigenvalue weighted by molar-refractivity contribution is 0.416. The van der Waals surface area contributed by atoms with E-state index in [-0.39, 0.29) is 6.04 Å². The summed E-state index contributed by atoms with van der Waals surface area (Å²) in [4.78, 5) is 0. The third-order valence-corrected chi connectivity index (χ3v) is 3.14. The molecule has 2 aromatic rings. The molecule has 0 fully saturated rings. The Bertz CT molecular complexity index is 535. The summed E-state index contributed by atoms with van der Waals surface area (Å²) in [6.07, 6.45) is 0. The molecule has 0 spiro atoms. The van der Waals surface area contributed by atoms with Crippen LogP contribution in [-0.4, -0.2) is 7.11 Å². The van der Waals surface area contributed by atoms with Crippen molar-refractivity contribution in [1.82, 2.24) is 0 Å². The van der Waals surface area contributed by atoms with Gasteiger partial charge < -0.3 is 10.5 Å². The van der Waals surface area contributed by atoms with Gasteiger partial charge in [0.2, 0.25) is 0 Å². The lowest BCUT2D eigenvalue weighted by Crippen LogP contribution is -2.04. The Morgan fingerprint density at radius 3 is 2.33 bits per heavy atom. The highest BCUT2D eigenvalue weighted by Crippen LogP contribution is 2.32. The molecule has 0 heterocycles. The van der Waals surface area contributed by atoms with Crippen LogP contribution in [0.3, 0.4) is 0 Å². The third kappa shape index (κ3) is 2.66. The molecule has 0 bridgehead atoms. The molecule has 0 saturated carbocycles. The zero-order valence-electron chi connectivity index (χ0n) is 10.5. The van der Waals surface area contributed by atoms with Crippen LogP contribution in [0.2, 0.25) is 5.02 Å². The zero-order valence-corrected chi connectivity index (χ0v) is 11.2. The summed E-state index contributed by atoms with van der Waals surface area (Å²) >= 11 is 6.03. The zero-order chi connectivity index (χ0) is 13.1. The van der Waals surface area contributed by atoms with E-state index in [1.54, 1.807) is 7.11 Å². The van der Waals surface area contributed by atoms with Gasteiger partial charge in [-0.1, -0.05) is 35.9 Å². The molecule has 0 aliphatic rings. The van der Waals surface area contributed by atoms with Gasteiger partial charge in [-0.25, -0.2) is 0 Å². The van der Waals surface area contributed by atoms with Crippen LogP contribution in [0.1, 0.15) is 18.5 Å². The predicted octanol–water partition coefficient (Wildman–Crippen LogP) is 4.04. The van der Waals surface area contributed by atoms with Crippen molar-refractivity contribution in [1.29, 1.82) is 0 Å². The van der Waals surface area contributed by atoms with Crippen LogP contribution in [0, 0.1) is 0 Å². The Hall–Kier alpha value is -1.51. The first-order valence-electron chi connectivity index (χ1n) is 5.81. The molecule has 2 aromatic carbocycles. The normalized spacial score (nSPS) is 12.2. The molecule has 2 N–H and O–H groups in total. The number of ether oxygens (including phenoxy) is 1. The van der Waals surface area contributed by atoms with Gasteiger partial charge in [0.1, 0.15) is 5.75 Å². The number of rotatable bonds is 3. The molecule has 0 unspecified atom stereocenters. The van der Waals surface area contributed by atoms with Gasteiger partial charge in [0.05, 0.1) is 7.11 Å². The third-order valence-electron chi connectivity index (χ3n) is 2.91. The number of benzene rings is 2. The molecule has 2 rings (SSSR count). The molecular weight excluding hydrogens is 246 g/mol. The van der Waals surface area contributed by atoms with Crippen LogP contribution >= 0.6 is 11.6 Å². The molecule has 0 saturated heterocycles. The van der Waals surface area contributed by atoms with E-state index in [1.165, 1.54) is 0 Å². The van der Waals surface area contributed by atoms with Crippen LogP contribution in [0.5, 0.6) is 5.75 Å². The molecule has 0 aliphatic heterocycles. The van der Waals surface area contributed by atoms with Crippen molar-refractivity contribution in [2.24, 2.45) is 5.73 Å². The summed E-state index contributed by atoms with van der Waals surface area (Å²) in [7, 11) is 1.66. The Balaban J connectivity index is 2.44. The molecule has 0 amide bonds. The van der Waals surface area contributed by atoms with Crippen molar-refractivity contribution in [2.75, 3.05) is 7.11 Å². The van der Waals surface area contributed by atoms with Crippen molar-refractivity contribution in [3.05, 3.63) is 53.1 Å². The number of hydrogen-bond donors (Lipinski definition) is 1. The molecule has 0 aromatic heterocycles. The van der Waals surface area contributed by atoms with E-state index in [2.05, 4.69) is 0 Å². The summed E-state index contributed by atoms with van der Waals surface area (Å²) in [5, 5.41) is 0.696.